The standard InChI is InChI=1S/C9H13F3O3/c10-9(11,12)8(15,5-7(13)14)6-3-1-2-4-6/h6,15H,1-5H2,(H,13,14). The van der Waals surface area contributed by atoms with Gasteiger partial charge in [-0.05, 0) is 18.8 Å². The minimum Gasteiger partial charge on any atom is -0.481 e. The Labute approximate surface area is 84.9 Å². The second-order valence-electron chi connectivity index (χ2n) is 3.97. The van der Waals surface area contributed by atoms with Crippen LogP contribution in [0.2, 0.25) is 0 Å². The average molecular weight is 226 g/mol. The third-order valence-corrected chi connectivity index (χ3v) is 2.94. The molecule has 1 aliphatic carbocycles. The highest BCUT2D eigenvalue weighted by atomic mass is 19.4. The summed E-state index contributed by atoms with van der Waals surface area (Å²) in [6.45, 7) is 0. The van der Waals surface area contributed by atoms with Crippen LogP contribution in [0.25, 0.3) is 0 Å². The first kappa shape index (κ1) is 12.3. The summed E-state index contributed by atoms with van der Waals surface area (Å²) in [5, 5.41) is 17.9. The van der Waals surface area contributed by atoms with Crippen LogP contribution >= 0.6 is 0 Å². The Morgan fingerprint density at radius 3 is 2.07 bits per heavy atom. The molecular formula is C9H13F3O3. The molecule has 0 aromatic heterocycles. The maximum absolute atomic E-state index is 12.6. The molecule has 0 amide bonds. The van der Waals surface area contributed by atoms with Crippen molar-refractivity contribution >= 4 is 5.97 Å². The third kappa shape index (κ3) is 2.42. The molecule has 1 atom stereocenters. The van der Waals surface area contributed by atoms with Gasteiger partial charge in [-0.1, -0.05) is 12.8 Å². The van der Waals surface area contributed by atoms with Gasteiger partial charge in [0.25, 0.3) is 0 Å². The van der Waals surface area contributed by atoms with Gasteiger partial charge in [-0.2, -0.15) is 13.2 Å². The molecule has 1 fully saturated rings. The van der Waals surface area contributed by atoms with E-state index in [2.05, 4.69) is 0 Å². The van der Waals surface area contributed by atoms with E-state index in [1.165, 1.54) is 0 Å². The van der Waals surface area contributed by atoms with Crippen molar-refractivity contribution in [2.24, 2.45) is 5.92 Å². The van der Waals surface area contributed by atoms with Crippen LogP contribution in [0.3, 0.4) is 0 Å². The van der Waals surface area contributed by atoms with Gasteiger partial charge in [-0.15, -0.1) is 0 Å². The Hall–Kier alpha value is -0.780. The zero-order chi connectivity index (χ0) is 11.7. The molecule has 0 bridgehead atoms. The van der Waals surface area contributed by atoms with Crippen LogP contribution in [0.4, 0.5) is 13.2 Å². The van der Waals surface area contributed by atoms with Gasteiger partial charge in [0.1, 0.15) is 0 Å². The van der Waals surface area contributed by atoms with Gasteiger partial charge in [-0.3, -0.25) is 4.79 Å². The van der Waals surface area contributed by atoms with E-state index < -0.39 is 30.1 Å². The van der Waals surface area contributed by atoms with Crippen LogP contribution in [0.15, 0.2) is 0 Å². The van der Waals surface area contributed by atoms with Gasteiger partial charge < -0.3 is 10.2 Å². The molecular weight excluding hydrogens is 213 g/mol. The molecule has 1 aliphatic rings. The molecule has 0 aromatic rings. The lowest BCUT2D eigenvalue weighted by Gasteiger charge is -2.34. The molecule has 15 heavy (non-hydrogen) atoms. The molecule has 6 heteroatoms. The number of carboxylic acid groups (broad SMARTS) is 1. The lowest BCUT2D eigenvalue weighted by molar-refractivity contribution is -0.281. The summed E-state index contributed by atoms with van der Waals surface area (Å²) in [6.07, 6.45) is -4.43. The summed E-state index contributed by atoms with van der Waals surface area (Å²) >= 11 is 0. The molecule has 0 aliphatic heterocycles. The lowest BCUT2D eigenvalue weighted by atomic mass is 9.82. The fraction of sp³-hybridized carbons (Fsp3) is 0.889. The highest BCUT2D eigenvalue weighted by Crippen LogP contribution is 2.45. The van der Waals surface area contributed by atoms with Crippen molar-refractivity contribution < 1.29 is 28.2 Å². The van der Waals surface area contributed by atoms with Crippen LogP contribution in [-0.2, 0) is 4.79 Å². The molecule has 0 aromatic carbocycles. The lowest BCUT2D eigenvalue weighted by Crippen LogP contribution is -2.52. The molecule has 1 rings (SSSR count). The van der Waals surface area contributed by atoms with E-state index in [0.29, 0.717) is 12.8 Å². The number of halogens is 3. The number of hydrogen-bond donors (Lipinski definition) is 2. The average Bonchev–Trinajstić information content (AvgIpc) is 2.51. The molecule has 2 N–H and O–H groups in total. The Balaban J connectivity index is 2.89. The fourth-order valence-electron chi connectivity index (χ4n) is 2.11. The Kier molecular flexibility index (Phi) is 3.28. The van der Waals surface area contributed by atoms with Crippen LogP contribution in [0, 0.1) is 5.92 Å². The maximum Gasteiger partial charge on any atom is 0.418 e. The van der Waals surface area contributed by atoms with Gasteiger partial charge in [0.15, 0.2) is 5.60 Å². The number of rotatable bonds is 3. The Morgan fingerprint density at radius 2 is 1.73 bits per heavy atom. The van der Waals surface area contributed by atoms with Gasteiger partial charge in [0.05, 0.1) is 6.42 Å². The SMILES string of the molecule is O=C(O)CC(O)(C1CCCC1)C(F)(F)F. The number of carboxylic acids is 1. The summed E-state index contributed by atoms with van der Waals surface area (Å²) in [5.41, 5.74) is -3.06. The third-order valence-electron chi connectivity index (χ3n) is 2.94. The monoisotopic (exact) mass is 226 g/mol. The number of aliphatic carboxylic acids is 1. The molecule has 3 nitrogen and oxygen atoms in total. The first-order chi connectivity index (χ1) is 6.77. The number of aliphatic hydroxyl groups is 1. The van der Waals surface area contributed by atoms with Crippen molar-refractivity contribution in [1.82, 2.24) is 0 Å². The van der Waals surface area contributed by atoms with Crippen LogP contribution in [0.1, 0.15) is 32.1 Å². The molecule has 88 valence electrons. The summed E-state index contributed by atoms with van der Waals surface area (Å²) in [7, 11) is 0. The van der Waals surface area contributed by atoms with E-state index >= 15 is 0 Å². The van der Waals surface area contributed by atoms with Crippen molar-refractivity contribution in [3.63, 3.8) is 0 Å². The number of hydrogen-bond acceptors (Lipinski definition) is 2. The van der Waals surface area contributed by atoms with E-state index in [9.17, 15) is 23.1 Å². The maximum atomic E-state index is 12.6. The zero-order valence-electron chi connectivity index (χ0n) is 8.05. The molecule has 0 heterocycles. The van der Waals surface area contributed by atoms with Crippen molar-refractivity contribution in [3.05, 3.63) is 0 Å². The van der Waals surface area contributed by atoms with E-state index in [0.717, 1.165) is 0 Å². The predicted octanol–water partition coefficient (Wildman–Crippen LogP) is 1.94. The minimum absolute atomic E-state index is 0.239. The quantitative estimate of drug-likeness (QED) is 0.773. The Bertz CT molecular complexity index is 245. The normalized spacial score (nSPS) is 22.7. The molecule has 0 radical (unpaired) electrons. The number of carbonyl (C=O) groups is 1. The summed E-state index contributed by atoms with van der Waals surface area (Å²) < 4.78 is 37.8. The highest BCUT2D eigenvalue weighted by molar-refractivity contribution is 5.68. The first-order valence-corrected chi connectivity index (χ1v) is 4.78. The highest BCUT2D eigenvalue weighted by Gasteiger charge is 2.59. The zero-order valence-corrected chi connectivity index (χ0v) is 8.05. The summed E-state index contributed by atoms with van der Waals surface area (Å²) in [5.74, 6) is -2.60. The van der Waals surface area contributed by atoms with Crippen LogP contribution in [0.5, 0.6) is 0 Å². The smallest absolute Gasteiger partial charge is 0.418 e. The molecule has 1 unspecified atom stereocenters. The van der Waals surface area contributed by atoms with Gasteiger partial charge in [-0.25, -0.2) is 0 Å². The minimum atomic E-state index is -4.87. The van der Waals surface area contributed by atoms with Crippen LogP contribution < -0.4 is 0 Å². The van der Waals surface area contributed by atoms with Gasteiger partial charge >= 0.3 is 12.1 Å². The second-order valence-corrected chi connectivity index (χ2v) is 3.97. The topological polar surface area (TPSA) is 57.5 Å². The van der Waals surface area contributed by atoms with Gasteiger partial charge in [0.2, 0.25) is 0 Å². The van der Waals surface area contributed by atoms with E-state index in [4.69, 9.17) is 5.11 Å². The van der Waals surface area contributed by atoms with E-state index in [1.807, 2.05) is 0 Å². The second kappa shape index (κ2) is 4.00. The fourth-order valence-corrected chi connectivity index (χ4v) is 2.11. The molecule has 0 saturated heterocycles. The summed E-state index contributed by atoms with van der Waals surface area (Å²) in [6, 6.07) is 0. The largest absolute Gasteiger partial charge is 0.481 e. The molecule has 0 spiro atoms. The summed E-state index contributed by atoms with van der Waals surface area (Å²) in [4.78, 5) is 10.4. The van der Waals surface area contributed by atoms with Crippen molar-refractivity contribution in [2.75, 3.05) is 0 Å². The predicted molar refractivity (Wildman–Crippen MR) is 45.2 cm³/mol. The van der Waals surface area contributed by atoms with E-state index in [-0.39, 0.29) is 12.8 Å². The van der Waals surface area contributed by atoms with E-state index in [1.54, 1.807) is 0 Å². The number of alkyl halides is 3. The van der Waals surface area contributed by atoms with Crippen LogP contribution in [-0.4, -0.2) is 28.0 Å². The van der Waals surface area contributed by atoms with Crippen molar-refractivity contribution in [2.45, 2.75) is 43.9 Å². The van der Waals surface area contributed by atoms with Crippen molar-refractivity contribution in [3.8, 4) is 0 Å². The molecule has 1 saturated carbocycles. The Morgan fingerprint density at radius 1 is 1.27 bits per heavy atom. The van der Waals surface area contributed by atoms with Gasteiger partial charge in [0, 0.05) is 0 Å². The first-order valence-electron chi connectivity index (χ1n) is 4.78. The van der Waals surface area contributed by atoms with Crippen molar-refractivity contribution in [1.29, 1.82) is 0 Å².